The summed E-state index contributed by atoms with van der Waals surface area (Å²) in [7, 11) is 0. The zero-order valence-corrected chi connectivity index (χ0v) is 18.3. The number of aromatic hydroxyl groups is 2. The third-order valence-corrected chi connectivity index (χ3v) is 5.67. The van der Waals surface area contributed by atoms with E-state index in [9.17, 15) is 24.6 Å². The number of piperidine rings is 1. The van der Waals surface area contributed by atoms with Crippen molar-refractivity contribution < 1.29 is 24.6 Å². The van der Waals surface area contributed by atoms with Crippen LogP contribution in [0.25, 0.3) is 10.8 Å². The number of rotatable bonds is 9. The molecule has 0 spiro atoms. The summed E-state index contributed by atoms with van der Waals surface area (Å²) >= 11 is 0. The van der Waals surface area contributed by atoms with Crippen molar-refractivity contribution >= 4 is 34.8 Å². The minimum atomic E-state index is -0.912. The molecule has 1 aliphatic heterocycles. The molecule has 1 unspecified atom stereocenters. The van der Waals surface area contributed by atoms with Crippen LogP contribution in [0, 0.1) is 0 Å². The lowest BCUT2D eigenvalue weighted by Crippen LogP contribution is -2.41. The van der Waals surface area contributed by atoms with E-state index in [1.807, 2.05) is 0 Å². The first-order chi connectivity index (χ1) is 15.4. The molecule has 1 atom stereocenters. The van der Waals surface area contributed by atoms with Crippen LogP contribution in [0.15, 0.2) is 23.2 Å². The Hall–Kier alpha value is -3.36. The van der Waals surface area contributed by atoms with E-state index in [0.29, 0.717) is 17.5 Å². The summed E-state index contributed by atoms with van der Waals surface area (Å²) < 4.78 is 1.11. The Labute approximate surface area is 186 Å². The number of hydrogen-bond donors (Lipinski definition) is 4. The number of unbranched alkanes of at least 4 members (excludes halogenated alkanes) is 5. The monoisotopic (exact) mass is 442 g/mol. The zero-order chi connectivity index (χ0) is 23.1. The molecule has 9 heteroatoms. The lowest BCUT2D eigenvalue weighted by molar-refractivity contribution is -0.135. The molecule has 1 aliphatic rings. The molecule has 0 radical (unpaired) electrons. The molecule has 0 aliphatic carbocycles. The van der Waals surface area contributed by atoms with Gasteiger partial charge in [-0.25, -0.2) is 9.79 Å². The van der Waals surface area contributed by atoms with Gasteiger partial charge in [0.05, 0.1) is 5.39 Å². The van der Waals surface area contributed by atoms with Crippen LogP contribution in [0.1, 0.15) is 69.9 Å². The van der Waals surface area contributed by atoms with E-state index in [-0.39, 0.29) is 35.9 Å². The van der Waals surface area contributed by atoms with Gasteiger partial charge in [-0.05, 0) is 18.9 Å². The van der Waals surface area contributed by atoms with Crippen LogP contribution in [0.2, 0.25) is 0 Å². The largest absolute Gasteiger partial charge is 0.494 e. The highest BCUT2D eigenvalue weighted by atomic mass is 16.3. The average molecular weight is 443 g/mol. The molecule has 1 fully saturated rings. The minimum absolute atomic E-state index is 0.108. The first-order valence-electron chi connectivity index (χ1n) is 11.1. The van der Waals surface area contributed by atoms with Crippen molar-refractivity contribution in [3.05, 3.63) is 23.8 Å². The maximum atomic E-state index is 12.2. The van der Waals surface area contributed by atoms with Gasteiger partial charge in [0.2, 0.25) is 23.6 Å². The van der Waals surface area contributed by atoms with Gasteiger partial charge in [-0.2, -0.15) is 0 Å². The van der Waals surface area contributed by atoms with Crippen LogP contribution in [0.5, 0.6) is 11.8 Å². The van der Waals surface area contributed by atoms with Crippen molar-refractivity contribution in [1.82, 2.24) is 15.2 Å². The molecular weight excluding hydrogens is 412 g/mol. The average Bonchev–Trinajstić information content (AvgIpc) is 3.02. The smallest absolute Gasteiger partial charge is 0.340 e. The molecule has 1 aromatic heterocycles. The van der Waals surface area contributed by atoms with Crippen molar-refractivity contribution in [1.29, 1.82) is 0 Å². The van der Waals surface area contributed by atoms with E-state index in [0.717, 1.165) is 23.8 Å². The topological polar surface area (TPSA) is 133 Å². The Bertz CT molecular complexity index is 1030. The van der Waals surface area contributed by atoms with Gasteiger partial charge in [0.1, 0.15) is 6.04 Å². The van der Waals surface area contributed by atoms with Crippen LogP contribution in [0.4, 0.5) is 4.79 Å². The Morgan fingerprint density at radius 2 is 1.94 bits per heavy atom. The Morgan fingerprint density at radius 1 is 1.19 bits per heavy atom. The molecule has 1 saturated heterocycles. The predicted octanol–water partition coefficient (Wildman–Crippen LogP) is 3.52. The number of carbonyl (C=O) groups is 3. The first kappa shape index (κ1) is 23.3. The van der Waals surface area contributed by atoms with E-state index in [4.69, 9.17) is 0 Å². The quantitative estimate of drug-likeness (QED) is 0.268. The predicted molar refractivity (Wildman–Crippen MR) is 121 cm³/mol. The van der Waals surface area contributed by atoms with Gasteiger partial charge in [0.25, 0.3) is 0 Å². The van der Waals surface area contributed by atoms with Gasteiger partial charge in [0.15, 0.2) is 0 Å². The minimum Gasteiger partial charge on any atom is -0.494 e. The Kier molecular flexibility index (Phi) is 7.86. The molecule has 2 heterocycles. The molecule has 4 amide bonds. The number of nitrogens with one attached hydrogen (secondary N) is 2. The van der Waals surface area contributed by atoms with Gasteiger partial charge < -0.3 is 15.5 Å². The summed E-state index contributed by atoms with van der Waals surface area (Å²) in [6, 6.07) is 3.52. The number of hydrogen-bond acceptors (Lipinski definition) is 5. The third-order valence-electron chi connectivity index (χ3n) is 5.67. The number of fused-ring (bicyclic) bond motifs is 1. The maximum absolute atomic E-state index is 12.2. The maximum Gasteiger partial charge on any atom is 0.340 e. The SMILES string of the molecule is CCCCCCCCNC(=O)N=Cc1cccc2c(O)n(C3CCC(=O)NC3=O)c(O)c12. The highest BCUT2D eigenvalue weighted by Crippen LogP contribution is 2.41. The van der Waals surface area contributed by atoms with E-state index in [1.54, 1.807) is 18.2 Å². The molecule has 3 rings (SSSR count). The van der Waals surface area contributed by atoms with Gasteiger partial charge >= 0.3 is 6.03 Å². The number of carbonyl (C=O) groups excluding carboxylic acids is 3. The highest BCUT2D eigenvalue weighted by molar-refractivity contribution is 6.08. The van der Waals surface area contributed by atoms with Crippen LogP contribution in [0.3, 0.4) is 0 Å². The standard InChI is InChI=1S/C23H30N4O5/c1-2-3-4-5-6-7-13-24-23(32)25-14-15-9-8-10-16-19(15)22(31)27(21(16)30)17-11-12-18(28)26-20(17)29/h8-10,14,17,30-31H,2-7,11-13H2,1H3,(H,24,32)(H,26,28,29). The molecule has 2 aromatic rings. The van der Waals surface area contributed by atoms with Crippen LogP contribution in [-0.2, 0) is 9.59 Å². The third kappa shape index (κ3) is 5.27. The summed E-state index contributed by atoms with van der Waals surface area (Å²) in [5, 5.41) is 27.0. The Balaban J connectivity index is 1.71. The molecule has 0 bridgehead atoms. The summed E-state index contributed by atoms with van der Waals surface area (Å²) in [5.74, 6) is -1.57. The number of nitrogens with zero attached hydrogens (tertiary/aromatic N) is 2. The molecule has 4 N–H and O–H groups in total. The number of urea groups is 1. The van der Waals surface area contributed by atoms with E-state index < -0.39 is 18.0 Å². The van der Waals surface area contributed by atoms with Gasteiger partial charge in [-0.3, -0.25) is 19.5 Å². The lowest BCUT2D eigenvalue weighted by Gasteiger charge is -2.23. The number of aromatic nitrogens is 1. The zero-order valence-electron chi connectivity index (χ0n) is 18.3. The number of imide groups is 1. The van der Waals surface area contributed by atoms with E-state index in [1.165, 1.54) is 25.5 Å². The number of amides is 4. The first-order valence-corrected chi connectivity index (χ1v) is 11.1. The highest BCUT2D eigenvalue weighted by Gasteiger charge is 2.33. The van der Waals surface area contributed by atoms with E-state index in [2.05, 4.69) is 22.5 Å². The molecule has 1 aromatic carbocycles. The van der Waals surface area contributed by atoms with Gasteiger partial charge in [-0.15, -0.1) is 0 Å². The molecule has 9 nitrogen and oxygen atoms in total. The van der Waals surface area contributed by atoms with Crippen molar-refractivity contribution in [3.8, 4) is 11.8 Å². The van der Waals surface area contributed by atoms with Crippen molar-refractivity contribution in [2.45, 2.75) is 64.3 Å². The fraction of sp³-hybridized carbons (Fsp3) is 0.478. The normalized spacial score (nSPS) is 16.6. The van der Waals surface area contributed by atoms with Crippen molar-refractivity contribution in [2.75, 3.05) is 6.54 Å². The molecular formula is C23H30N4O5. The molecule has 0 saturated carbocycles. The van der Waals surface area contributed by atoms with Gasteiger partial charge in [-0.1, -0.05) is 51.2 Å². The molecule has 172 valence electrons. The summed E-state index contributed by atoms with van der Waals surface area (Å²) in [6.45, 7) is 2.72. The summed E-state index contributed by atoms with van der Waals surface area (Å²) in [5.41, 5.74) is 0.427. The second kappa shape index (κ2) is 10.8. The lowest BCUT2D eigenvalue weighted by atomic mass is 10.1. The second-order valence-corrected chi connectivity index (χ2v) is 8.01. The second-order valence-electron chi connectivity index (χ2n) is 8.01. The number of aliphatic imine (C=N–C) groups is 1. The van der Waals surface area contributed by atoms with Crippen molar-refractivity contribution in [2.24, 2.45) is 4.99 Å². The van der Waals surface area contributed by atoms with Crippen LogP contribution in [-0.4, -0.2) is 45.4 Å². The fourth-order valence-electron chi connectivity index (χ4n) is 3.96. The van der Waals surface area contributed by atoms with Crippen molar-refractivity contribution in [3.63, 3.8) is 0 Å². The molecule has 32 heavy (non-hydrogen) atoms. The fourth-order valence-corrected chi connectivity index (χ4v) is 3.96. The van der Waals surface area contributed by atoms with Crippen LogP contribution < -0.4 is 10.6 Å². The Morgan fingerprint density at radius 3 is 2.69 bits per heavy atom. The summed E-state index contributed by atoms with van der Waals surface area (Å²) in [4.78, 5) is 39.6. The summed E-state index contributed by atoms with van der Waals surface area (Å²) in [6.07, 6.45) is 8.34. The van der Waals surface area contributed by atoms with Crippen LogP contribution >= 0.6 is 0 Å². The van der Waals surface area contributed by atoms with E-state index >= 15 is 0 Å². The van der Waals surface area contributed by atoms with Gasteiger partial charge in [0, 0.05) is 30.1 Å². The number of benzene rings is 1.